The first-order valence-corrected chi connectivity index (χ1v) is 6.48. The van der Waals surface area contributed by atoms with E-state index < -0.39 is 0 Å². The van der Waals surface area contributed by atoms with Crippen molar-refractivity contribution < 1.29 is 4.39 Å². The Bertz CT molecular complexity index is 423. The second-order valence-corrected chi connectivity index (χ2v) is 5.24. The second kappa shape index (κ2) is 5.24. The van der Waals surface area contributed by atoms with E-state index in [9.17, 15) is 4.39 Å². The Morgan fingerprint density at radius 1 is 1.22 bits per heavy atom. The molecule has 1 heterocycles. The Hall–Kier alpha value is -1.13. The molecule has 1 aromatic carbocycles. The van der Waals surface area contributed by atoms with Crippen LogP contribution in [0.2, 0.25) is 0 Å². The molecule has 1 unspecified atom stereocenters. The van der Waals surface area contributed by atoms with Crippen LogP contribution in [0.1, 0.15) is 24.1 Å². The fourth-order valence-corrected chi connectivity index (χ4v) is 2.37. The van der Waals surface area contributed by atoms with Crippen LogP contribution in [-0.2, 0) is 0 Å². The highest BCUT2D eigenvalue weighted by molar-refractivity contribution is 5.57. The van der Waals surface area contributed by atoms with Crippen molar-refractivity contribution in [2.24, 2.45) is 5.73 Å². The van der Waals surface area contributed by atoms with Gasteiger partial charge >= 0.3 is 0 Å². The molecule has 0 saturated carbocycles. The maximum Gasteiger partial charge on any atom is 0.126 e. The van der Waals surface area contributed by atoms with Gasteiger partial charge in [0.25, 0.3) is 0 Å². The summed E-state index contributed by atoms with van der Waals surface area (Å²) in [5.41, 5.74) is 8.65. The van der Waals surface area contributed by atoms with Gasteiger partial charge in [-0.1, -0.05) is 0 Å². The molecule has 0 bridgehead atoms. The monoisotopic (exact) mass is 251 g/mol. The van der Waals surface area contributed by atoms with E-state index in [2.05, 4.69) is 16.8 Å². The first-order valence-electron chi connectivity index (χ1n) is 6.48. The molecule has 0 spiro atoms. The predicted octanol–water partition coefficient (Wildman–Crippen LogP) is 1.91. The number of piperazine rings is 1. The maximum atomic E-state index is 13.7. The first kappa shape index (κ1) is 13.3. The third-order valence-corrected chi connectivity index (χ3v) is 3.64. The average Bonchev–Trinajstić information content (AvgIpc) is 2.33. The summed E-state index contributed by atoms with van der Waals surface area (Å²) in [6.45, 7) is 7.73. The topological polar surface area (TPSA) is 32.5 Å². The molecule has 1 aromatic rings. The highest BCUT2D eigenvalue weighted by Crippen LogP contribution is 2.29. The number of benzene rings is 1. The summed E-state index contributed by atoms with van der Waals surface area (Å²) in [4.78, 5) is 4.61. The Labute approximate surface area is 108 Å². The number of nitrogens with two attached hydrogens (primary N) is 1. The van der Waals surface area contributed by atoms with Gasteiger partial charge in [-0.2, -0.15) is 0 Å². The normalized spacial score (nSPS) is 19.1. The standard InChI is InChI=1S/C14H22FN3/c1-10-8-14(12(11(2)16)9-13(10)15)18-6-4-17(3)5-7-18/h8-9,11H,4-7,16H2,1-3H3. The zero-order chi connectivity index (χ0) is 13.3. The van der Waals surface area contributed by atoms with Gasteiger partial charge in [0.15, 0.2) is 0 Å². The minimum absolute atomic E-state index is 0.144. The molecule has 100 valence electrons. The molecule has 3 nitrogen and oxygen atoms in total. The number of hydrogen-bond acceptors (Lipinski definition) is 3. The molecule has 1 atom stereocenters. The predicted molar refractivity (Wildman–Crippen MR) is 73.4 cm³/mol. The Balaban J connectivity index is 2.33. The molecule has 0 amide bonds. The summed E-state index contributed by atoms with van der Waals surface area (Å²) in [5, 5.41) is 0. The van der Waals surface area contributed by atoms with E-state index in [1.165, 1.54) is 0 Å². The smallest absolute Gasteiger partial charge is 0.126 e. The Kier molecular flexibility index (Phi) is 3.88. The highest BCUT2D eigenvalue weighted by Gasteiger charge is 2.19. The highest BCUT2D eigenvalue weighted by atomic mass is 19.1. The van der Waals surface area contributed by atoms with Gasteiger partial charge in [0, 0.05) is 37.9 Å². The summed E-state index contributed by atoms with van der Waals surface area (Å²) < 4.78 is 13.7. The molecule has 0 aromatic heterocycles. The van der Waals surface area contributed by atoms with Gasteiger partial charge in [0.05, 0.1) is 0 Å². The van der Waals surface area contributed by atoms with E-state index in [0.29, 0.717) is 5.56 Å². The van der Waals surface area contributed by atoms with Gasteiger partial charge in [-0.3, -0.25) is 0 Å². The van der Waals surface area contributed by atoms with Crippen molar-refractivity contribution in [1.29, 1.82) is 0 Å². The second-order valence-electron chi connectivity index (χ2n) is 5.24. The zero-order valence-corrected chi connectivity index (χ0v) is 11.4. The van der Waals surface area contributed by atoms with Crippen LogP contribution in [0.4, 0.5) is 10.1 Å². The lowest BCUT2D eigenvalue weighted by atomic mass is 10.0. The molecule has 1 aliphatic heterocycles. The van der Waals surface area contributed by atoms with Crippen molar-refractivity contribution in [2.45, 2.75) is 19.9 Å². The van der Waals surface area contributed by atoms with E-state index in [1.54, 1.807) is 13.0 Å². The van der Waals surface area contributed by atoms with Gasteiger partial charge < -0.3 is 15.5 Å². The molecule has 2 N–H and O–H groups in total. The van der Waals surface area contributed by atoms with E-state index in [0.717, 1.165) is 37.4 Å². The van der Waals surface area contributed by atoms with Crippen LogP contribution in [0.5, 0.6) is 0 Å². The number of nitrogens with zero attached hydrogens (tertiary/aromatic N) is 2. The third kappa shape index (κ3) is 2.65. The maximum absolute atomic E-state index is 13.7. The first-order chi connectivity index (χ1) is 8.49. The largest absolute Gasteiger partial charge is 0.369 e. The third-order valence-electron chi connectivity index (χ3n) is 3.64. The number of hydrogen-bond donors (Lipinski definition) is 1. The zero-order valence-electron chi connectivity index (χ0n) is 11.4. The minimum Gasteiger partial charge on any atom is -0.369 e. The molecule has 4 heteroatoms. The fraction of sp³-hybridized carbons (Fsp3) is 0.571. The molecular weight excluding hydrogens is 229 g/mol. The molecule has 18 heavy (non-hydrogen) atoms. The van der Waals surface area contributed by atoms with Crippen LogP contribution in [0.25, 0.3) is 0 Å². The van der Waals surface area contributed by atoms with Crippen molar-refractivity contribution in [3.05, 3.63) is 29.1 Å². The van der Waals surface area contributed by atoms with E-state index in [4.69, 9.17) is 5.73 Å². The number of halogens is 1. The molecule has 1 saturated heterocycles. The quantitative estimate of drug-likeness (QED) is 0.871. The summed E-state index contributed by atoms with van der Waals surface area (Å²) >= 11 is 0. The van der Waals surface area contributed by atoms with Crippen molar-refractivity contribution >= 4 is 5.69 Å². The Morgan fingerprint density at radius 2 is 1.83 bits per heavy atom. The Morgan fingerprint density at radius 3 is 2.39 bits per heavy atom. The molecule has 1 aliphatic rings. The molecule has 2 rings (SSSR count). The summed E-state index contributed by atoms with van der Waals surface area (Å²) in [6, 6.07) is 3.38. The lowest BCUT2D eigenvalue weighted by Gasteiger charge is -2.36. The van der Waals surface area contributed by atoms with Crippen LogP contribution in [0, 0.1) is 12.7 Å². The van der Waals surface area contributed by atoms with Crippen molar-refractivity contribution in [1.82, 2.24) is 4.90 Å². The van der Waals surface area contributed by atoms with Crippen LogP contribution >= 0.6 is 0 Å². The molecular formula is C14H22FN3. The van der Waals surface area contributed by atoms with E-state index in [-0.39, 0.29) is 11.9 Å². The van der Waals surface area contributed by atoms with Crippen LogP contribution in [0.15, 0.2) is 12.1 Å². The number of anilines is 1. The van der Waals surface area contributed by atoms with Crippen LogP contribution in [0.3, 0.4) is 0 Å². The molecule has 0 aliphatic carbocycles. The average molecular weight is 251 g/mol. The molecule has 1 fully saturated rings. The fourth-order valence-electron chi connectivity index (χ4n) is 2.37. The van der Waals surface area contributed by atoms with Gasteiger partial charge in [0.1, 0.15) is 5.82 Å². The summed E-state index contributed by atoms with van der Waals surface area (Å²) in [6.07, 6.45) is 0. The van der Waals surface area contributed by atoms with E-state index in [1.807, 2.05) is 13.0 Å². The van der Waals surface area contributed by atoms with Gasteiger partial charge in [-0.15, -0.1) is 0 Å². The van der Waals surface area contributed by atoms with Crippen molar-refractivity contribution in [3.63, 3.8) is 0 Å². The lowest BCUT2D eigenvalue weighted by molar-refractivity contribution is 0.312. The summed E-state index contributed by atoms with van der Waals surface area (Å²) in [5.74, 6) is -0.167. The number of aryl methyl sites for hydroxylation is 1. The SMILES string of the molecule is Cc1cc(N2CCN(C)CC2)c(C(C)N)cc1F. The minimum atomic E-state index is -0.167. The number of rotatable bonds is 2. The van der Waals surface area contributed by atoms with Crippen molar-refractivity contribution in [3.8, 4) is 0 Å². The van der Waals surface area contributed by atoms with Gasteiger partial charge in [-0.05, 0) is 44.2 Å². The molecule has 0 radical (unpaired) electrons. The van der Waals surface area contributed by atoms with Gasteiger partial charge in [0.2, 0.25) is 0 Å². The lowest BCUT2D eigenvalue weighted by Crippen LogP contribution is -2.45. The van der Waals surface area contributed by atoms with Crippen LogP contribution in [-0.4, -0.2) is 38.1 Å². The van der Waals surface area contributed by atoms with Crippen LogP contribution < -0.4 is 10.6 Å². The number of likely N-dealkylation sites (N-methyl/N-ethyl adjacent to an activating group) is 1. The van der Waals surface area contributed by atoms with Crippen molar-refractivity contribution in [2.75, 3.05) is 38.1 Å². The van der Waals surface area contributed by atoms with E-state index >= 15 is 0 Å². The summed E-state index contributed by atoms with van der Waals surface area (Å²) in [7, 11) is 2.12. The van der Waals surface area contributed by atoms with Gasteiger partial charge in [-0.25, -0.2) is 4.39 Å².